The zero-order valence-corrected chi connectivity index (χ0v) is 36.7. The number of rotatable bonds is 12. The van der Waals surface area contributed by atoms with Gasteiger partial charge in [-0.15, -0.1) is 0 Å². The lowest BCUT2D eigenvalue weighted by atomic mass is 9.76. The number of carbonyl (C=O) groups excluding carboxylic acids is 4. The molecule has 0 radical (unpaired) electrons. The summed E-state index contributed by atoms with van der Waals surface area (Å²) in [4.78, 5) is 51.4. The van der Waals surface area contributed by atoms with Gasteiger partial charge in [0, 0.05) is 69.3 Å². The molecule has 330 valence electrons. The van der Waals surface area contributed by atoms with Crippen LogP contribution >= 0.6 is 0 Å². The van der Waals surface area contributed by atoms with Crippen LogP contribution in [0.2, 0.25) is 0 Å². The van der Waals surface area contributed by atoms with Crippen LogP contribution in [0.25, 0.3) is 0 Å². The lowest BCUT2D eigenvalue weighted by Crippen LogP contribution is -2.60. The van der Waals surface area contributed by atoms with Crippen molar-refractivity contribution in [2.75, 3.05) is 21.3 Å². The topological polar surface area (TPSA) is 196 Å². The third kappa shape index (κ3) is 12.7. The molecule has 2 aliphatic heterocycles. The Morgan fingerprint density at radius 3 is 2.27 bits per heavy atom. The zero-order chi connectivity index (χ0) is 44.4. The number of cyclic esters (lactones) is 1. The third-order valence-corrected chi connectivity index (χ3v) is 11.8. The molecule has 14 heteroatoms. The summed E-state index contributed by atoms with van der Waals surface area (Å²) in [5, 5.41) is 35.5. The predicted molar refractivity (Wildman–Crippen MR) is 220 cm³/mol. The first-order valence-corrected chi connectivity index (χ1v) is 20.5. The van der Waals surface area contributed by atoms with E-state index >= 15 is 0 Å². The molecule has 12 unspecified atom stereocenters. The van der Waals surface area contributed by atoms with Crippen LogP contribution < -0.4 is 5.32 Å². The highest BCUT2D eigenvalue weighted by atomic mass is 16.7. The van der Waals surface area contributed by atoms with E-state index in [9.17, 15) is 34.5 Å². The number of carbonyl (C=O) groups is 4. The monoisotopic (exact) mass is 829 g/mol. The van der Waals surface area contributed by atoms with E-state index in [0.29, 0.717) is 12.0 Å². The molecular formula is C45H67NO13. The maximum absolute atomic E-state index is 13.8. The molecular weight excluding hydrogens is 762 g/mol. The molecule has 0 aromatic heterocycles. The molecule has 12 atom stereocenters. The molecule has 1 aliphatic carbocycles. The number of nitrogens with one attached hydrogen (secondary N) is 1. The summed E-state index contributed by atoms with van der Waals surface area (Å²) >= 11 is 0. The molecule has 1 amide bonds. The molecule has 0 aromatic rings. The Balaban J connectivity index is 1.96. The number of hydrogen-bond donors (Lipinski definition) is 4. The molecule has 3 rings (SSSR count). The highest BCUT2D eigenvalue weighted by Gasteiger charge is 2.54. The van der Waals surface area contributed by atoms with Crippen molar-refractivity contribution in [1.82, 2.24) is 5.32 Å². The second-order valence-electron chi connectivity index (χ2n) is 16.7. The minimum atomic E-state index is -1.49. The number of hydrogen-bond acceptors (Lipinski definition) is 13. The summed E-state index contributed by atoms with van der Waals surface area (Å²) in [6, 6.07) is 0. The van der Waals surface area contributed by atoms with Crippen LogP contribution in [-0.2, 0) is 47.6 Å². The molecule has 1 saturated heterocycles. The van der Waals surface area contributed by atoms with Gasteiger partial charge in [0.25, 0.3) is 0 Å². The fourth-order valence-electron chi connectivity index (χ4n) is 8.25. The van der Waals surface area contributed by atoms with E-state index in [2.05, 4.69) is 5.32 Å². The quantitative estimate of drug-likeness (QED) is 0.138. The van der Waals surface area contributed by atoms with E-state index in [1.165, 1.54) is 21.3 Å². The first-order valence-electron chi connectivity index (χ1n) is 20.5. The fourth-order valence-corrected chi connectivity index (χ4v) is 8.25. The maximum atomic E-state index is 13.8. The van der Waals surface area contributed by atoms with Gasteiger partial charge in [0.05, 0.1) is 25.4 Å². The van der Waals surface area contributed by atoms with Crippen LogP contribution in [0.5, 0.6) is 0 Å². The van der Waals surface area contributed by atoms with Gasteiger partial charge in [0.1, 0.15) is 29.8 Å². The second-order valence-corrected chi connectivity index (χ2v) is 16.7. The smallest absolute Gasteiger partial charge is 0.373 e. The van der Waals surface area contributed by atoms with E-state index in [1.807, 2.05) is 60.6 Å². The number of aliphatic hydroxyl groups is 3. The molecule has 3 aliphatic rings. The van der Waals surface area contributed by atoms with Crippen molar-refractivity contribution in [3.05, 3.63) is 70.9 Å². The van der Waals surface area contributed by atoms with E-state index in [-0.39, 0.29) is 60.1 Å². The van der Waals surface area contributed by atoms with Gasteiger partial charge >= 0.3 is 11.9 Å². The van der Waals surface area contributed by atoms with Gasteiger partial charge in [-0.3, -0.25) is 9.59 Å². The zero-order valence-electron chi connectivity index (χ0n) is 36.7. The van der Waals surface area contributed by atoms with E-state index in [4.69, 9.17) is 28.4 Å². The predicted octanol–water partition coefficient (Wildman–Crippen LogP) is 5.70. The number of Topliss-reactive ketones (excluding diaryl/α,β-unsaturated/α-hetero) is 1. The number of ether oxygens (including phenoxy) is 6. The van der Waals surface area contributed by atoms with Crippen molar-refractivity contribution >= 4 is 23.6 Å². The van der Waals surface area contributed by atoms with Crippen LogP contribution in [0.3, 0.4) is 0 Å². The van der Waals surface area contributed by atoms with E-state index in [1.54, 1.807) is 32.1 Å². The molecule has 14 nitrogen and oxygen atoms in total. The Morgan fingerprint density at radius 2 is 1.69 bits per heavy atom. The third-order valence-electron chi connectivity index (χ3n) is 11.8. The SMILES string of the molecule is COC1=CC(C)=CC(C)C(O)C(C)CC(C)=CC=CC(OC)C(C(C)C(O)C(C)C2(OC)CC(OC(=O)/C=C/C(=O)NC3=C(O)CCC3=O)C(C)C(C(C)C)O2)OC1=O. The number of ketones is 1. The van der Waals surface area contributed by atoms with Crippen LogP contribution in [0.15, 0.2) is 70.9 Å². The second kappa shape index (κ2) is 22.0. The molecule has 59 heavy (non-hydrogen) atoms. The van der Waals surface area contributed by atoms with Crippen molar-refractivity contribution < 1.29 is 62.9 Å². The van der Waals surface area contributed by atoms with Gasteiger partial charge in [0.15, 0.2) is 11.6 Å². The van der Waals surface area contributed by atoms with E-state index in [0.717, 1.165) is 17.7 Å². The summed E-state index contributed by atoms with van der Waals surface area (Å²) in [5.74, 6) is -6.84. The van der Waals surface area contributed by atoms with Crippen molar-refractivity contribution in [2.45, 2.75) is 130 Å². The van der Waals surface area contributed by atoms with Crippen molar-refractivity contribution in [2.24, 2.45) is 35.5 Å². The summed E-state index contributed by atoms with van der Waals surface area (Å²) in [7, 11) is 4.29. The number of methoxy groups -OCH3 is 3. The van der Waals surface area contributed by atoms with Crippen molar-refractivity contribution in [3.8, 4) is 0 Å². The summed E-state index contributed by atoms with van der Waals surface area (Å²) < 4.78 is 36.3. The van der Waals surface area contributed by atoms with Crippen LogP contribution in [0.4, 0.5) is 0 Å². The van der Waals surface area contributed by atoms with Crippen molar-refractivity contribution in [3.63, 3.8) is 0 Å². The van der Waals surface area contributed by atoms with Crippen molar-refractivity contribution in [1.29, 1.82) is 0 Å². The Labute approximate surface area is 349 Å². The lowest BCUT2D eigenvalue weighted by molar-refractivity contribution is -0.339. The minimum Gasteiger partial charge on any atom is -0.510 e. The first kappa shape index (κ1) is 49.3. The summed E-state index contributed by atoms with van der Waals surface area (Å²) in [5.41, 5.74) is 1.53. The minimum absolute atomic E-state index is 0.00964. The number of esters is 2. The van der Waals surface area contributed by atoms with Crippen LogP contribution in [-0.4, -0.2) is 103 Å². The van der Waals surface area contributed by atoms with Crippen LogP contribution in [0, 0.1) is 35.5 Å². The average molecular weight is 830 g/mol. The Bertz CT molecular complexity index is 1690. The van der Waals surface area contributed by atoms with Gasteiger partial charge < -0.3 is 49.1 Å². The maximum Gasteiger partial charge on any atom is 0.373 e. The van der Waals surface area contributed by atoms with Gasteiger partial charge in [-0.1, -0.05) is 83.9 Å². The van der Waals surface area contributed by atoms with Crippen LogP contribution in [0.1, 0.15) is 88.0 Å². The highest BCUT2D eigenvalue weighted by Crippen LogP contribution is 2.44. The van der Waals surface area contributed by atoms with Gasteiger partial charge in [0.2, 0.25) is 11.7 Å². The lowest BCUT2D eigenvalue weighted by Gasteiger charge is -2.51. The molecule has 0 saturated carbocycles. The number of amides is 1. The molecule has 4 N–H and O–H groups in total. The normalized spacial score (nSPS) is 31.9. The highest BCUT2D eigenvalue weighted by molar-refractivity contribution is 6.04. The summed E-state index contributed by atoms with van der Waals surface area (Å²) in [6.45, 7) is 17.0. The molecule has 0 spiro atoms. The Hall–Kier alpha value is -4.08. The Morgan fingerprint density at radius 1 is 1.02 bits per heavy atom. The molecule has 1 fully saturated rings. The van der Waals surface area contributed by atoms with Gasteiger partial charge in [-0.25, -0.2) is 9.59 Å². The standard InChI is InChI=1S/C45H67NO13/c1-24(2)42-29(7)36(57-38(50)19-18-37(49)46-39-32(47)16-17-33(39)48)23-45(56-12,59-42)31(9)41(52)30(8)43-34(54-10)15-13-14-25(3)20-27(5)40(51)28(6)21-26(4)22-35(55-11)44(53)58-43/h13-15,18-19,21-22,24,27-31,34,36,40-43,47,51-52H,16-17,20,23H2,1-12H3,(H,46,49)/b15-13?,19-18+,25-14?,26-21?,35-22?. The average Bonchev–Trinajstić information content (AvgIpc) is 3.51. The molecule has 0 aromatic carbocycles. The number of aliphatic hydroxyl groups excluding tert-OH is 3. The summed E-state index contributed by atoms with van der Waals surface area (Å²) in [6.07, 6.45) is 6.62. The van der Waals surface area contributed by atoms with Gasteiger partial charge in [-0.05, 0) is 38.2 Å². The first-order chi connectivity index (χ1) is 27.7. The Kier molecular flexibility index (Phi) is 18.3. The number of allylic oxidation sites excluding steroid dienone is 7. The largest absolute Gasteiger partial charge is 0.510 e. The molecule has 2 heterocycles. The molecule has 0 bridgehead atoms. The van der Waals surface area contributed by atoms with E-state index < -0.39 is 77.9 Å². The van der Waals surface area contributed by atoms with Gasteiger partial charge in [-0.2, -0.15) is 0 Å². The fraction of sp³-hybridized carbons (Fsp3) is 0.644.